The summed E-state index contributed by atoms with van der Waals surface area (Å²) in [5, 5.41) is 12.4. The van der Waals surface area contributed by atoms with Gasteiger partial charge in [0.2, 0.25) is 0 Å². The molecule has 2 N–H and O–H groups in total. The fourth-order valence-corrected chi connectivity index (χ4v) is 2.48. The van der Waals surface area contributed by atoms with Gasteiger partial charge in [-0.1, -0.05) is 55.5 Å². The molecule has 2 unspecified atom stereocenters. The summed E-state index contributed by atoms with van der Waals surface area (Å²) in [6.07, 6.45) is -0.600. The molecule has 0 aromatic heterocycles. The lowest BCUT2D eigenvalue weighted by Crippen LogP contribution is -2.54. The Morgan fingerprint density at radius 3 is 2.12 bits per heavy atom. The Morgan fingerprint density at radius 1 is 1.08 bits per heavy atom. The Kier molecular flexibility index (Phi) is 5.58. The number of carbonyl (C=O) groups is 2. The Labute approximate surface area is 141 Å². The molecule has 2 rings (SSSR count). The second-order valence-corrected chi connectivity index (χ2v) is 5.49. The molecule has 1 amide bonds. The van der Waals surface area contributed by atoms with Gasteiger partial charge in [0.1, 0.15) is 5.75 Å². The highest BCUT2D eigenvalue weighted by Crippen LogP contribution is 2.26. The molecule has 0 aliphatic carbocycles. The van der Waals surface area contributed by atoms with E-state index in [1.54, 1.807) is 68.4 Å². The van der Waals surface area contributed by atoms with E-state index in [1.165, 1.54) is 0 Å². The van der Waals surface area contributed by atoms with Crippen LogP contribution in [0.15, 0.2) is 60.7 Å². The zero-order chi connectivity index (χ0) is 17.6. The van der Waals surface area contributed by atoms with E-state index in [-0.39, 0.29) is 6.42 Å². The second-order valence-electron chi connectivity index (χ2n) is 5.49. The number of carboxylic acids is 1. The molecule has 2 aromatic rings. The topological polar surface area (TPSA) is 75.6 Å². The van der Waals surface area contributed by atoms with Crippen LogP contribution in [0.4, 0.5) is 0 Å². The maximum atomic E-state index is 12.5. The number of aliphatic carboxylic acids is 1. The van der Waals surface area contributed by atoms with E-state index in [4.69, 9.17) is 4.74 Å². The van der Waals surface area contributed by atoms with Gasteiger partial charge in [0.25, 0.3) is 5.91 Å². The molecule has 5 heteroatoms. The molecule has 5 nitrogen and oxygen atoms in total. The molecule has 2 aromatic carbocycles. The minimum absolute atomic E-state index is 0.218. The fourth-order valence-electron chi connectivity index (χ4n) is 2.48. The molecular formula is C19H21NO4. The lowest BCUT2D eigenvalue weighted by molar-refractivity contribution is -0.149. The van der Waals surface area contributed by atoms with Crippen LogP contribution in [-0.2, 0) is 15.1 Å². The summed E-state index contributed by atoms with van der Waals surface area (Å²) in [5.41, 5.74) is -0.951. The molecule has 0 aliphatic rings. The van der Waals surface area contributed by atoms with Crippen molar-refractivity contribution in [2.75, 3.05) is 0 Å². The van der Waals surface area contributed by atoms with Crippen molar-refractivity contribution in [3.05, 3.63) is 66.2 Å². The fraction of sp³-hybridized carbons (Fsp3) is 0.263. The Balaban J connectivity index is 2.20. The number of hydrogen-bond donors (Lipinski definition) is 2. The van der Waals surface area contributed by atoms with Crippen molar-refractivity contribution in [2.24, 2.45) is 0 Å². The third-order valence-corrected chi connectivity index (χ3v) is 3.92. The van der Waals surface area contributed by atoms with Crippen LogP contribution in [0, 0.1) is 0 Å². The summed E-state index contributed by atoms with van der Waals surface area (Å²) in [6, 6.07) is 17.6. The maximum absolute atomic E-state index is 12.5. The molecule has 0 saturated heterocycles. The first kappa shape index (κ1) is 17.5. The first-order valence-corrected chi connectivity index (χ1v) is 7.82. The van der Waals surface area contributed by atoms with Crippen LogP contribution < -0.4 is 10.1 Å². The number of rotatable bonds is 7. The molecule has 0 heterocycles. The quantitative estimate of drug-likeness (QED) is 0.820. The van der Waals surface area contributed by atoms with Gasteiger partial charge in [-0.3, -0.25) is 4.79 Å². The van der Waals surface area contributed by atoms with Crippen molar-refractivity contribution in [2.45, 2.75) is 31.9 Å². The molecule has 0 aliphatic heterocycles. The molecule has 126 valence electrons. The van der Waals surface area contributed by atoms with E-state index in [0.29, 0.717) is 11.3 Å². The molecule has 0 radical (unpaired) electrons. The Hall–Kier alpha value is -2.82. The van der Waals surface area contributed by atoms with Crippen LogP contribution in [0.25, 0.3) is 0 Å². The van der Waals surface area contributed by atoms with E-state index in [0.717, 1.165) is 0 Å². The number of para-hydroxylation sites is 1. The summed E-state index contributed by atoms with van der Waals surface area (Å²) in [4.78, 5) is 24.4. The van der Waals surface area contributed by atoms with Crippen LogP contribution in [0.3, 0.4) is 0 Å². The first-order chi connectivity index (χ1) is 11.5. The predicted octanol–water partition coefficient (Wildman–Crippen LogP) is 2.96. The third-order valence-electron chi connectivity index (χ3n) is 3.92. The van der Waals surface area contributed by atoms with Crippen molar-refractivity contribution < 1.29 is 19.4 Å². The highest BCUT2D eigenvalue weighted by molar-refractivity contribution is 5.90. The van der Waals surface area contributed by atoms with Crippen molar-refractivity contribution in [1.82, 2.24) is 5.32 Å². The lowest BCUT2D eigenvalue weighted by atomic mass is 9.87. The van der Waals surface area contributed by atoms with E-state index >= 15 is 0 Å². The minimum atomic E-state index is -1.48. The van der Waals surface area contributed by atoms with Gasteiger partial charge in [0.05, 0.1) is 0 Å². The summed E-state index contributed by atoms with van der Waals surface area (Å²) < 4.78 is 5.58. The van der Waals surface area contributed by atoms with Gasteiger partial charge in [0, 0.05) is 0 Å². The van der Waals surface area contributed by atoms with Gasteiger partial charge < -0.3 is 15.2 Å². The molecule has 0 saturated carbocycles. The van der Waals surface area contributed by atoms with Crippen molar-refractivity contribution in [3.8, 4) is 5.75 Å². The number of ether oxygens (including phenoxy) is 1. The zero-order valence-electron chi connectivity index (χ0n) is 13.7. The highest BCUT2D eigenvalue weighted by Gasteiger charge is 2.41. The summed E-state index contributed by atoms with van der Waals surface area (Å²) >= 11 is 0. The molecular weight excluding hydrogens is 306 g/mol. The van der Waals surface area contributed by atoms with Gasteiger partial charge in [-0.2, -0.15) is 0 Å². The number of carbonyl (C=O) groups excluding carboxylic acids is 1. The number of nitrogens with one attached hydrogen (secondary N) is 1. The second kappa shape index (κ2) is 7.64. The van der Waals surface area contributed by atoms with Crippen LogP contribution in [0.5, 0.6) is 5.75 Å². The number of carboxylic acid groups (broad SMARTS) is 1. The van der Waals surface area contributed by atoms with Gasteiger partial charge >= 0.3 is 5.97 Å². The maximum Gasteiger partial charge on any atom is 0.334 e. The van der Waals surface area contributed by atoms with Crippen LogP contribution in [0.1, 0.15) is 25.8 Å². The van der Waals surface area contributed by atoms with E-state index in [9.17, 15) is 14.7 Å². The molecule has 2 atom stereocenters. The number of benzene rings is 2. The first-order valence-electron chi connectivity index (χ1n) is 7.82. The average Bonchev–Trinajstić information content (AvgIpc) is 2.60. The predicted molar refractivity (Wildman–Crippen MR) is 90.7 cm³/mol. The van der Waals surface area contributed by atoms with E-state index < -0.39 is 23.5 Å². The monoisotopic (exact) mass is 327 g/mol. The van der Waals surface area contributed by atoms with Crippen molar-refractivity contribution in [1.29, 1.82) is 0 Å². The third kappa shape index (κ3) is 3.74. The van der Waals surface area contributed by atoms with E-state index in [1.807, 2.05) is 6.07 Å². The largest absolute Gasteiger partial charge is 0.481 e. The standard InChI is InChI=1S/C19H21NO4/c1-3-19(18(22)23,15-10-6-4-7-11-15)20-17(21)14(2)24-16-12-8-5-9-13-16/h4-14H,3H2,1-2H3,(H,20,21)(H,22,23). The Bertz CT molecular complexity index is 687. The van der Waals surface area contributed by atoms with Crippen LogP contribution in [-0.4, -0.2) is 23.1 Å². The lowest BCUT2D eigenvalue weighted by Gasteiger charge is -2.31. The molecule has 24 heavy (non-hydrogen) atoms. The van der Waals surface area contributed by atoms with Gasteiger partial charge in [0.15, 0.2) is 11.6 Å². The highest BCUT2D eigenvalue weighted by atomic mass is 16.5. The summed E-state index contributed by atoms with van der Waals surface area (Å²) in [6.45, 7) is 3.32. The van der Waals surface area contributed by atoms with Gasteiger partial charge in [-0.25, -0.2) is 4.79 Å². The normalized spacial score (nSPS) is 14.2. The zero-order valence-corrected chi connectivity index (χ0v) is 13.7. The minimum Gasteiger partial charge on any atom is -0.481 e. The van der Waals surface area contributed by atoms with Gasteiger partial charge in [-0.15, -0.1) is 0 Å². The Morgan fingerprint density at radius 2 is 1.62 bits per heavy atom. The SMILES string of the molecule is CCC(NC(=O)C(C)Oc1ccccc1)(C(=O)O)c1ccccc1. The van der Waals surface area contributed by atoms with Crippen LogP contribution in [0.2, 0.25) is 0 Å². The molecule has 0 fully saturated rings. The number of hydrogen-bond acceptors (Lipinski definition) is 3. The van der Waals surface area contributed by atoms with Crippen molar-refractivity contribution >= 4 is 11.9 Å². The molecule has 0 bridgehead atoms. The average molecular weight is 327 g/mol. The van der Waals surface area contributed by atoms with Crippen molar-refractivity contribution in [3.63, 3.8) is 0 Å². The number of amides is 1. The smallest absolute Gasteiger partial charge is 0.334 e. The summed E-state index contributed by atoms with van der Waals surface area (Å²) in [5.74, 6) is -1.03. The van der Waals surface area contributed by atoms with E-state index in [2.05, 4.69) is 5.32 Å². The van der Waals surface area contributed by atoms with Gasteiger partial charge in [-0.05, 0) is 31.0 Å². The summed E-state index contributed by atoms with van der Waals surface area (Å²) in [7, 11) is 0. The molecule has 0 spiro atoms. The van der Waals surface area contributed by atoms with Crippen LogP contribution >= 0.6 is 0 Å².